The molecule has 9 heavy (non-hydrogen) atoms. The number of carbonyl (C=O) groups excluding carboxylic acids is 1. The molecule has 0 aliphatic carbocycles. The summed E-state index contributed by atoms with van der Waals surface area (Å²) in [5.41, 5.74) is 0. The Balaban J connectivity index is 3.19. The summed E-state index contributed by atoms with van der Waals surface area (Å²) in [6.07, 6.45) is -0.219. The Bertz CT molecular complexity index is 127. The van der Waals surface area contributed by atoms with Gasteiger partial charge in [-0.2, -0.15) is 5.26 Å². The van der Waals surface area contributed by atoms with Crippen molar-refractivity contribution in [1.29, 1.82) is 5.26 Å². The van der Waals surface area contributed by atoms with Crippen LogP contribution in [0.2, 0.25) is 0 Å². The predicted molar refractivity (Wildman–Crippen MR) is 28.2 cm³/mol. The first-order valence-corrected chi connectivity index (χ1v) is 2.32. The molecule has 4 nitrogen and oxygen atoms in total. The van der Waals surface area contributed by atoms with E-state index in [0.717, 1.165) is 0 Å². The normalized spacial score (nSPS) is 8.00. The molecule has 0 aliphatic rings. The van der Waals surface area contributed by atoms with Crippen LogP contribution in [0.25, 0.3) is 0 Å². The first-order chi connectivity index (χ1) is 4.31. The van der Waals surface area contributed by atoms with E-state index in [2.05, 4.69) is 9.47 Å². The van der Waals surface area contributed by atoms with Gasteiger partial charge < -0.3 is 9.47 Å². The summed E-state index contributed by atoms with van der Waals surface area (Å²) in [5.74, 6) is -0.556. The Labute approximate surface area is 53.0 Å². The third-order valence-electron chi connectivity index (χ3n) is 0.561. The van der Waals surface area contributed by atoms with Gasteiger partial charge in [-0.1, -0.05) is 0 Å². The number of nitriles is 1. The molecule has 0 saturated heterocycles. The Morgan fingerprint density at radius 1 is 1.78 bits per heavy atom. The molecule has 0 amide bonds. The molecular formula is C5H7NO3. The average Bonchev–Trinajstić information content (AvgIpc) is 1.85. The molecule has 0 aromatic carbocycles. The van der Waals surface area contributed by atoms with Crippen LogP contribution < -0.4 is 0 Å². The van der Waals surface area contributed by atoms with Gasteiger partial charge >= 0.3 is 5.97 Å². The summed E-state index contributed by atoms with van der Waals surface area (Å²) in [6, 6.07) is 1.65. The van der Waals surface area contributed by atoms with Gasteiger partial charge in [0.2, 0.25) is 0 Å². The van der Waals surface area contributed by atoms with Crippen LogP contribution in [0.5, 0.6) is 0 Å². The van der Waals surface area contributed by atoms with Gasteiger partial charge in [0.15, 0.2) is 6.79 Å². The van der Waals surface area contributed by atoms with Crippen molar-refractivity contribution in [3.8, 4) is 6.07 Å². The van der Waals surface area contributed by atoms with Gasteiger partial charge in [-0.3, -0.25) is 4.79 Å². The number of rotatable bonds is 3. The molecule has 0 atom stereocenters. The summed E-state index contributed by atoms with van der Waals surface area (Å²) >= 11 is 0. The topological polar surface area (TPSA) is 59.3 Å². The molecule has 0 unspecified atom stereocenters. The highest BCUT2D eigenvalue weighted by molar-refractivity contribution is 5.71. The van der Waals surface area contributed by atoms with Gasteiger partial charge in [-0.05, 0) is 0 Å². The molecule has 0 aromatic heterocycles. The second kappa shape index (κ2) is 5.06. The lowest BCUT2D eigenvalue weighted by molar-refractivity contribution is -0.152. The third-order valence-corrected chi connectivity index (χ3v) is 0.561. The molecule has 0 aromatic rings. The molecule has 0 spiro atoms. The van der Waals surface area contributed by atoms with Crippen LogP contribution in [0, 0.1) is 11.3 Å². The summed E-state index contributed by atoms with van der Waals surface area (Å²) in [5, 5.41) is 7.94. The molecule has 4 heteroatoms. The zero-order chi connectivity index (χ0) is 7.11. The minimum Gasteiger partial charge on any atom is -0.438 e. The lowest BCUT2D eigenvalue weighted by atomic mass is 10.5. The maximum Gasteiger partial charge on any atom is 0.322 e. The van der Waals surface area contributed by atoms with Crippen molar-refractivity contribution in [3.63, 3.8) is 0 Å². The summed E-state index contributed by atoms with van der Waals surface area (Å²) < 4.78 is 8.75. The first kappa shape index (κ1) is 7.92. The fourth-order valence-electron chi connectivity index (χ4n) is 0.240. The van der Waals surface area contributed by atoms with E-state index in [1.807, 2.05) is 0 Å². The highest BCUT2D eigenvalue weighted by Crippen LogP contribution is 1.82. The van der Waals surface area contributed by atoms with Crippen molar-refractivity contribution >= 4 is 5.97 Å². The van der Waals surface area contributed by atoms with E-state index in [4.69, 9.17) is 5.26 Å². The molecule has 0 fully saturated rings. The monoisotopic (exact) mass is 129 g/mol. The van der Waals surface area contributed by atoms with Gasteiger partial charge in [0.1, 0.15) is 6.42 Å². The van der Waals surface area contributed by atoms with Crippen LogP contribution in [0.1, 0.15) is 6.42 Å². The maximum absolute atomic E-state index is 10.3. The molecule has 0 N–H and O–H groups in total. The van der Waals surface area contributed by atoms with Gasteiger partial charge in [-0.25, -0.2) is 0 Å². The smallest absolute Gasteiger partial charge is 0.322 e. The fraction of sp³-hybridized carbons (Fsp3) is 0.600. The number of nitrogens with zero attached hydrogens (tertiary/aromatic N) is 1. The van der Waals surface area contributed by atoms with Crippen LogP contribution >= 0.6 is 0 Å². The molecule has 0 aliphatic heterocycles. The van der Waals surface area contributed by atoms with Gasteiger partial charge in [0.25, 0.3) is 0 Å². The van der Waals surface area contributed by atoms with E-state index in [-0.39, 0.29) is 13.2 Å². The van der Waals surface area contributed by atoms with E-state index in [9.17, 15) is 4.79 Å². The standard InChI is InChI=1S/C5H7NO3/c1-8-4-9-5(7)2-3-6/h2,4H2,1H3. The molecular weight excluding hydrogens is 122 g/mol. The highest BCUT2D eigenvalue weighted by Gasteiger charge is 1.97. The van der Waals surface area contributed by atoms with Crippen LogP contribution in [-0.4, -0.2) is 19.9 Å². The Hall–Kier alpha value is -1.08. The lowest BCUT2D eigenvalue weighted by Crippen LogP contribution is -2.05. The number of ether oxygens (including phenoxy) is 2. The van der Waals surface area contributed by atoms with E-state index in [1.165, 1.54) is 7.11 Å². The van der Waals surface area contributed by atoms with Crippen molar-refractivity contribution in [3.05, 3.63) is 0 Å². The van der Waals surface area contributed by atoms with Crippen LogP contribution in [0.4, 0.5) is 0 Å². The van der Waals surface area contributed by atoms with Crippen molar-refractivity contribution < 1.29 is 14.3 Å². The number of esters is 1. The minimum atomic E-state index is -0.556. The first-order valence-electron chi connectivity index (χ1n) is 2.32. The largest absolute Gasteiger partial charge is 0.438 e. The minimum absolute atomic E-state index is 0.0828. The van der Waals surface area contributed by atoms with E-state index in [1.54, 1.807) is 6.07 Å². The van der Waals surface area contributed by atoms with Gasteiger partial charge in [0.05, 0.1) is 6.07 Å². The average molecular weight is 129 g/mol. The molecule has 0 saturated carbocycles. The highest BCUT2D eigenvalue weighted by atomic mass is 16.7. The maximum atomic E-state index is 10.3. The zero-order valence-electron chi connectivity index (χ0n) is 5.09. The number of hydrogen-bond acceptors (Lipinski definition) is 4. The summed E-state index contributed by atoms with van der Waals surface area (Å²) in [6.45, 7) is -0.0828. The van der Waals surface area contributed by atoms with Crippen molar-refractivity contribution in [2.45, 2.75) is 6.42 Å². The van der Waals surface area contributed by atoms with E-state index < -0.39 is 5.97 Å². The second-order valence-corrected chi connectivity index (χ2v) is 1.26. The van der Waals surface area contributed by atoms with Crippen molar-refractivity contribution in [1.82, 2.24) is 0 Å². The number of carbonyl (C=O) groups is 1. The van der Waals surface area contributed by atoms with Gasteiger partial charge in [-0.15, -0.1) is 0 Å². The molecule has 0 heterocycles. The predicted octanol–water partition coefficient (Wildman–Crippen LogP) is 0.0472. The van der Waals surface area contributed by atoms with Crippen LogP contribution in [-0.2, 0) is 14.3 Å². The zero-order valence-corrected chi connectivity index (χ0v) is 5.09. The number of hydrogen-bond donors (Lipinski definition) is 0. The lowest BCUT2D eigenvalue weighted by Gasteiger charge is -1.97. The summed E-state index contributed by atoms with van der Waals surface area (Å²) in [7, 11) is 1.40. The van der Waals surface area contributed by atoms with E-state index >= 15 is 0 Å². The SMILES string of the molecule is COCOC(=O)CC#N. The van der Waals surface area contributed by atoms with E-state index in [0.29, 0.717) is 0 Å². The molecule has 0 rings (SSSR count). The molecule has 0 radical (unpaired) electrons. The third kappa shape index (κ3) is 4.78. The van der Waals surface area contributed by atoms with Crippen LogP contribution in [0.3, 0.4) is 0 Å². The molecule has 0 bridgehead atoms. The van der Waals surface area contributed by atoms with Crippen LogP contribution in [0.15, 0.2) is 0 Å². The second-order valence-electron chi connectivity index (χ2n) is 1.26. The Kier molecular flexibility index (Phi) is 4.46. The van der Waals surface area contributed by atoms with Crippen molar-refractivity contribution in [2.75, 3.05) is 13.9 Å². The Morgan fingerprint density at radius 2 is 2.44 bits per heavy atom. The number of methoxy groups -OCH3 is 1. The fourth-order valence-corrected chi connectivity index (χ4v) is 0.240. The van der Waals surface area contributed by atoms with Crippen molar-refractivity contribution in [2.24, 2.45) is 0 Å². The van der Waals surface area contributed by atoms with Gasteiger partial charge in [0, 0.05) is 7.11 Å². The quantitative estimate of drug-likeness (QED) is 0.399. The summed E-state index contributed by atoms with van der Waals surface area (Å²) in [4.78, 5) is 10.3. The Morgan fingerprint density at radius 3 is 2.89 bits per heavy atom. The molecule has 50 valence electrons.